The highest BCUT2D eigenvalue weighted by Gasteiger charge is 2.42. The Bertz CT molecular complexity index is 391. The standard InChI is InChI=1S/C8H2Cl2F4O/c9-3-1-4(10)6(5(11)2-3)7(15)8(12,13)14/h1-2H. The van der Waals surface area contributed by atoms with Gasteiger partial charge < -0.3 is 0 Å². The van der Waals surface area contributed by atoms with Crippen LogP contribution in [-0.4, -0.2) is 12.0 Å². The summed E-state index contributed by atoms with van der Waals surface area (Å²) in [6.45, 7) is 0. The molecule has 0 heterocycles. The summed E-state index contributed by atoms with van der Waals surface area (Å²) in [7, 11) is 0. The predicted octanol–water partition coefficient (Wildman–Crippen LogP) is 3.88. The summed E-state index contributed by atoms with van der Waals surface area (Å²) in [6, 6.07) is 1.46. The molecule has 0 saturated carbocycles. The van der Waals surface area contributed by atoms with Gasteiger partial charge in [-0.3, -0.25) is 4.79 Å². The van der Waals surface area contributed by atoms with Crippen LogP contribution in [0.5, 0.6) is 0 Å². The largest absolute Gasteiger partial charge is 0.455 e. The van der Waals surface area contributed by atoms with Crippen molar-refractivity contribution in [1.29, 1.82) is 0 Å². The molecule has 0 aliphatic rings. The molecule has 0 aliphatic heterocycles. The van der Waals surface area contributed by atoms with E-state index in [0.29, 0.717) is 6.07 Å². The van der Waals surface area contributed by atoms with Crippen molar-refractivity contribution in [1.82, 2.24) is 0 Å². The van der Waals surface area contributed by atoms with Gasteiger partial charge in [-0.2, -0.15) is 13.2 Å². The second-order valence-electron chi connectivity index (χ2n) is 2.57. The molecule has 1 aromatic rings. The van der Waals surface area contributed by atoms with Crippen LogP contribution in [0, 0.1) is 5.82 Å². The molecular weight excluding hydrogens is 259 g/mol. The van der Waals surface area contributed by atoms with Gasteiger partial charge in [-0.05, 0) is 12.1 Å². The van der Waals surface area contributed by atoms with E-state index in [1.54, 1.807) is 0 Å². The molecule has 1 rings (SSSR count). The van der Waals surface area contributed by atoms with Gasteiger partial charge in [0.1, 0.15) is 5.82 Å². The monoisotopic (exact) mass is 260 g/mol. The zero-order valence-corrected chi connectivity index (χ0v) is 8.34. The second-order valence-corrected chi connectivity index (χ2v) is 3.41. The van der Waals surface area contributed by atoms with Gasteiger partial charge in [0, 0.05) is 5.02 Å². The molecule has 15 heavy (non-hydrogen) atoms. The molecule has 0 saturated heterocycles. The number of alkyl halides is 3. The van der Waals surface area contributed by atoms with Gasteiger partial charge in [0.2, 0.25) is 0 Å². The molecule has 0 amide bonds. The van der Waals surface area contributed by atoms with Crippen molar-refractivity contribution in [2.24, 2.45) is 0 Å². The summed E-state index contributed by atoms with van der Waals surface area (Å²) in [4.78, 5) is 10.7. The smallest absolute Gasteiger partial charge is 0.284 e. The fraction of sp³-hybridized carbons (Fsp3) is 0.125. The Morgan fingerprint density at radius 2 is 1.73 bits per heavy atom. The van der Waals surface area contributed by atoms with Gasteiger partial charge in [-0.1, -0.05) is 23.2 Å². The SMILES string of the molecule is O=C(c1c(F)cc(Cl)cc1Cl)C(F)(F)F. The van der Waals surface area contributed by atoms with Crippen molar-refractivity contribution in [2.45, 2.75) is 6.18 Å². The first-order valence-electron chi connectivity index (χ1n) is 3.49. The minimum absolute atomic E-state index is 0.184. The van der Waals surface area contributed by atoms with Crippen LogP contribution in [0.3, 0.4) is 0 Å². The maximum atomic E-state index is 13.0. The number of rotatable bonds is 1. The van der Waals surface area contributed by atoms with E-state index in [4.69, 9.17) is 23.2 Å². The normalized spacial score (nSPS) is 11.6. The number of Topliss-reactive ketones (excluding diaryl/α,β-unsaturated/α-hetero) is 1. The molecule has 0 spiro atoms. The van der Waals surface area contributed by atoms with E-state index in [-0.39, 0.29) is 5.02 Å². The third-order valence-corrected chi connectivity index (χ3v) is 2.01. The van der Waals surface area contributed by atoms with Crippen LogP contribution in [0.2, 0.25) is 10.0 Å². The lowest BCUT2D eigenvalue weighted by Gasteiger charge is -2.08. The van der Waals surface area contributed by atoms with E-state index in [2.05, 4.69) is 0 Å². The Morgan fingerprint density at radius 1 is 1.20 bits per heavy atom. The topological polar surface area (TPSA) is 17.1 Å². The summed E-state index contributed by atoms with van der Waals surface area (Å²) in [6.07, 6.45) is -5.17. The highest BCUT2D eigenvalue weighted by Crippen LogP contribution is 2.30. The minimum Gasteiger partial charge on any atom is -0.284 e. The molecule has 7 heteroatoms. The number of benzene rings is 1. The number of carbonyl (C=O) groups excluding carboxylic acids is 1. The summed E-state index contributed by atoms with van der Waals surface area (Å²) in [5, 5.41) is -0.849. The highest BCUT2D eigenvalue weighted by molar-refractivity contribution is 6.37. The Labute approximate surface area is 91.6 Å². The molecule has 0 bridgehead atoms. The number of carbonyl (C=O) groups is 1. The first-order chi connectivity index (χ1) is 6.73. The Kier molecular flexibility index (Phi) is 3.25. The van der Waals surface area contributed by atoms with E-state index >= 15 is 0 Å². The van der Waals surface area contributed by atoms with Crippen molar-refractivity contribution in [3.63, 3.8) is 0 Å². The van der Waals surface area contributed by atoms with Crippen LogP contribution in [0.4, 0.5) is 17.6 Å². The summed E-state index contributed by atoms with van der Waals surface area (Å²) >= 11 is 10.6. The predicted molar refractivity (Wildman–Crippen MR) is 46.8 cm³/mol. The third-order valence-electron chi connectivity index (χ3n) is 1.49. The number of ketones is 1. The summed E-state index contributed by atoms with van der Waals surface area (Å²) in [5.74, 6) is -3.73. The van der Waals surface area contributed by atoms with E-state index in [9.17, 15) is 22.4 Å². The summed E-state index contributed by atoms with van der Waals surface area (Å²) in [5.41, 5.74) is -1.21. The molecular formula is C8H2Cl2F4O. The average molecular weight is 261 g/mol. The van der Waals surface area contributed by atoms with Gasteiger partial charge in [0.05, 0.1) is 10.6 Å². The van der Waals surface area contributed by atoms with Crippen LogP contribution >= 0.6 is 23.2 Å². The van der Waals surface area contributed by atoms with Gasteiger partial charge in [-0.25, -0.2) is 4.39 Å². The molecule has 0 N–H and O–H groups in total. The van der Waals surface area contributed by atoms with E-state index < -0.39 is 28.4 Å². The zero-order valence-electron chi connectivity index (χ0n) is 6.83. The van der Waals surface area contributed by atoms with Crippen molar-refractivity contribution >= 4 is 29.0 Å². The molecule has 0 radical (unpaired) electrons. The van der Waals surface area contributed by atoms with Crippen LogP contribution in [0.1, 0.15) is 10.4 Å². The van der Waals surface area contributed by atoms with Crippen molar-refractivity contribution in [2.75, 3.05) is 0 Å². The molecule has 0 aliphatic carbocycles. The van der Waals surface area contributed by atoms with Crippen LogP contribution in [-0.2, 0) is 0 Å². The minimum atomic E-state index is -5.17. The fourth-order valence-corrected chi connectivity index (χ4v) is 1.46. The Morgan fingerprint density at radius 3 is 2.13 bits per heavy atom. The van der Waals surface area contributed by atoms with Gasteiger partial charge in [0.25, 0.3) is 5.78 Å². The summed E-state index contributed by atoms with van der Waals surface area (Å²) < 4.78 is 49.0. The average Bonchev–Trinajstić information content (AvgIpc) is 1.99. The number of hydrogen-bond donors (Lipinski definition) is 0. The maximum absolute atomic E-state index is 13.0. The lowest BCUT2D eigenvalue weighted by Crippen LogP contribution is -2.24. The first-order valence-corrected chi connectivity index (χ1v) is 4.25. The van der Waals surface area contributed by atoms with Gasteiger partial charge >= 0.3 is 6.18 Å². The molecule has 0 aromatic heterocycles. The van der Waals surface area contributed by atoms with Crippen molar-refractivity contribution < 1.29 is 22.4 Å². The van der Waals surface area contributed by atoms with Crippen molar-refractivity contribution in [3.05, 3.63) is 33.6 Å². The lowest BCUT2D eigenvalue weighted by atomic mass is 10.1. The van der Waals surface area contributed by atoms with Gasteiger partial charge in [0.15, 0.2) is 0 Å². The molecule has 0 fully saturated rings. The van der Waals surface area contributed by atoms with Crippen LogP contribution in [0.15, 0.2) is 12.1 Å². The second kappa shape index (κ2) is 3.98. The number of halogens is 6. The first kappa shape index (κ1) is 12.3. The van der Waals surface area contributed by atoms with Crippen LogP contribution < -0.4 is 0 Å². The molecule has 82 valence electrons. The third kappa shape index (κ3) is 2.60. The van der Waals surface area contributed by atoms with E-state index in [1.165, 1.54) is 0 Å². The quantitative estimate of drug-likeness (QED) is 0.553. The van der Waals surface area contributed by atoms with Gasteiger partial charge in [-0.15, -0.1) is 0 Å². The maximum Gasteiger partial charge on any atom is 0.455 e. The zero-order chi connectivity index (χ0) is 11.8. The lowest BCUT2D eigenvalue weighted by molar-refractivity contribution is -0.0887. The molecule has 0 atom stereocenters. The molecule has 1 nitrogen and oxygen atoms in total. The molecule has 0 unspecified atom stereocenters. The number of hydrogen-bond acceptors (Lipinski definition) is 1. The Hall–Kier alpha value is -0.810. The van der Waals surface area contributed by atoms with E-state index in [0.717, 1.165) is 6.07 Å². The van der Waals surface area contributed by atoms with Crippen molar-refractivity contribution in [3.8, 4) is 0 Å². The molecule has 1 aromatic carbocycles. The van der Waals surface area contributed by atoms with E-state index in [1.807, 2.05) is 0 Å². The Balaban J connectivity index is 3.33. The fourth-order valence-electron chi connectivity index (χ4n) is 0.901. The highest BCUT2D eigenvalue weighted by atomic mass is 35.5. The van der Waals surface area contributed by atoms with Crippen LogP contribution in [0.25, 0.3) is 0 Å².